The Morgan fingerprint density at radius 1 is 1.44 bits per heavy atom. The van der Waals surface area contributed by atoms with Gasteiger partial charge in [0.25, 0.3) is 0 Å². The molecule has 0 aliphatic carbocycles. The lowest BCUT2D eigenvalue weighted by molar-refractivity contribution is 0.501. The number of thiazole rings is 1. The highest BCUT2D eigenvalue weighted by molar-refractivity contribution is 7.09. The van der Waals surface area contributed by atoms with Gasteiger partial charge in [0.05, 0.1) is 5.01 Å². The monoisotopic (exact) mass is 268 g/mol. The van der Waals surface area contributed by atoms with Gasteiger partial charge in [0.15, 0.2) is 5.96 Å². The predicted octanol–water partition coefficient (Wildman–Crippen LogP) is 2.35. The lowest BCUT2D eigenvalue weighted by Gasteiger charge is -2.23. The molecule has 0 spiro atoms. The Balaban J connectivity index is 2.24. The van der Waals surface area contributed by atoms with Gasteiger partial charge < -0.3 is 10.6 Å². The Bertz CT molecular complexity index is 390. The Hall–Kier alpha value is -1.10. The Morgan fingerprint density at radius 3 is 2.67 bits per heavy atom. The van der Waals surface area contributed by atoms with Crippen LogP contribution in [0.25, 0.3) is 0 Å². The van der Waals surface area contributed by atoms with Crippen molar-refractivity contribution in [3.05, 3.63) is 16.1 Å². The number of aryl methyl sites for hydroxylation is 2. The summed E-state index contributed by atoms with van der Waals surface area (Å²) in [6.07, 6.45) is 2.09. The lowest BCUT2D eigenvalue weighted by atomic mass is 10.1. The molecule has 0 saturated heterocycles. The molecule has 0 aliphatic heterocycles. The zero-order chi connectivity index (χ0) is 13.6. The fraction of sp³-hybridized carbons (Fsp3) is 0.692. The second-order valence-electron chi connectivity index (χ2n) is 5.36. The van der Waals surface area contributed by atoms with Gasteiger partial charge in [-0.3, -0.25) is 4.99 Å². The van der Waals surface area contributed by atoms with E-state index in [0.717, 1.165) is 31.0 Å². The first-order chi connectivity index (χ1) is 8.40. The molecule has 0 unspecified atom stereocenters. The van der Waals surface area contributed by atoms with E-state index in [0.29, 0.717) is 0 Å². The van der Waals surface area contributed by atoms with E-state index >= 15 is 0 Å². The highest BCUT2D eigenvalue weighted by Gasteiger charge is 2.11. The quantitative estimate of drug-likeness (QED) is 0.501. The normalized spacial score (nSPS) is 12.6. The van der Waals surface area contributed by atoms with Crippen LogP contribution >= 0.6 is 11.3 Å². The summed E-state index contributed by atoms with van der Waals surface area (Å²) in [7, 11) is 1.80. The van der Waals surface area contributed by atoms with Crippen molar-refractivity contribution in [2.45, 2.75) is 46.1 Å². The number of hydrogen-bond acceptors (Lipinski definition) is 3. The third-order valence-electron chi connectivity index (χ3n) is 2.24. The summed E-state index contributed by atoms with van der Waals surface area (Å²) in [4.78, 5) is 8.66. The minimum absolute atomic E-state index is 0.0360. The fourth-order valence-electron chi connectivity index (χ4n) is 1.50. The molecule has 0 aliphatic rings. The molecule has 0 radical (unpaired) electrons. The zero-order valence-electron chi connectivity index (χ0n) is 12.0. The molecule has 1 rings (SSSR count). The van der Waals surface area contributed by atoms with Crippen molar-refractivity contribution in [3.63, 3.8) is 0 Å². The number of nitrogens with one attached hydrogen (secondary N) is 2. The summed E-state index contributed by atoms with van der Waals surface area (Å²) in [5.41, 5.74) is 1.15. The minimum atomic E-state index is 0.0360. The molecule has 0 amide bonds. The molecule has 5 heteroatoms. The van der Waals surface area contributed by atoms with Crippen molar-refractivity contribution in [2.75, 3.05) is 13.6 Å². The summed E-state index contributed by atoms with van der Waals surface area (Å²) in [6, 6.07) is 0. The van der Waals surface area contributed by atoms with Gasteiger partial charge in [-0.15, -0.1) is 11.3 Å². The zero-order valence-corrected chi connectivity index (χ0v) is 12.8. The van der Waals surface area contributed by atoms with Crippen LogP contribution in [0.4, 0.5) is 0 Å². The first-order valence-electron chi connectivity index (χ1n) is 6.30. The third kappa shape index (κ3) is 6.00. The molecule has 0 bridgehead atoms. The first kappa shape index (κ1) is 15.0. The molecule has 1 heterocycles. The van der Waals surface area contributed by atoms with Gasteiger partial charge in [-0.1, -0.05) is 0 Å². The second-order valence-corrected chi connectivity index (χ2v) is 6.30. The second kappa shape index (κ2) is 6.73. The van der Waals surface area contributed by atoms with Crippen LogP contribution in [0.5, 0.6) is 0 Å². The molecule has 0 atom stereocenters. The predicted molar refractivity (Wildman–Crippen MR) is 79.4 cm³/mol. The summed E-state index contributed by atoms with van der Waals surface area (Å²) < 4.78 is 0. The van der Waals surface area contributed by atoms with E-state index in [4.69, 9.17) is 0 Å². The van der Waals surface area contributed by atoms with E-state index in [1.807, 2.05) is 6.92 Å². The van der Waals surface area contributed by atoms with E-state index < -0.39 is 0 Å². The molecule has 0 aromatic carbocycles. The minimum Gasteiger partial charge on any atom is -0.356 e. The van der Waals surface area contributed by atoms with Crippen LogP contribution in [-0.2, 0) is 6.42 Å². The van der Waals surface area contributed by atoms with Gasteiger partial charge in [0.2, 0.25) is 0 Å². The molecular weight excluding hydrogens is 244 g/mol. The first-order valence-corrected chi connectivity index (χ1v) is 7.18. The van der Waals surface area contributed by atoms with Crippen molar-refractivity contribution in [3.8, 4) is 0 Å². The molecule has 18 heavy (non-hydrogen) atoms. The van der Waals surface area contributed by atoms with Crippen LogP contribution in [0.3, 0.4) is 0 Å². The van der Waals surface area contributed by atoms with Gasteiger partial charge in [0.1, 0.15) is 0 Å². The van der Waals surface area contributed by atoms with E-state index in [-0.39, 0.29) is 5.54 Å². The van der Waals surface area contributed by atoms with Crippen LogP contribution in [-0.4, -0.2) is 30.1 Å². The van der Waals surface area contributed by atoms with Crippen molar-refractivity contribution in [1.29, 1.82) is 0 Å². The molecule has 102 valence electrons. The highest BCUT2D eigenvalue weighted by atomic mass is 32.1. The smallest absolute Gasteiger partial charge is 0.191 e. The fourth-order valence-corrected chi connectivity index (χ4v) is 2.32. The number of guanidine groups is 1. The molecule has 1 aromatic rings. The topological polar surface area (TPSA) is 49.3 Å². The average molecular weight is 268 g/mol. The van der Waals surface area contributed by atoms with Crippen LogP contribution in [0.15, 0.2) is 10.4 Å². The van der Waals surface area contributed by atoms with Gasteiger partial charge in [-0.2, -0.15) is 0 Å². The van der Waals surface area contributed by atoms with Crippen molar-refractivity contribution in [1.82, 2.24) is 15.6 Å². The standard InChI is InChI=1S/C13H24N4S/c1-10-9-18-11(16-10)7-6-8-15-12(14-5)17-13(2,3)4/h9H,6-8H2,1-5H3,(H2,14,15,17). The van der Waals surface area contributed by atoms with Crippen molar-refractivity contribution >= 4 is 17.3 Å². The average Bonchev–Trinajstić information content (AvgIpc) is 2.67. The molecule has 0 fully saturated rings. The molecule has 1 aromatic heterocycles. The number of aromatic nitrogens is 1. The number of nitrogens with zero attached hydrogens (tertiary/aromatic N) is 2. The lowest BCUT2D eigenvalue weighted by Crippen LogP contribution is -2.47. The van der Waals surface area contributed by atoms with Crippen LogP contribution in [0.1, 0.15) is 37.9 Å². The van der Waals surface area contributed by atoms with Gasteiger partial charge in [-0.05, 0) is 34.1 Å². The van der Waals surface area contributed by atoms with Crippen molar-refractivity contribution < 1.29 is 0 Å². The van der Waals surface area contributed by atoms with E-state index in [2.05, 4.69) is 46.8 Å². The maximum Gasteiger partial charge on any atom is 0.191 e. The van der Waals surface area contributed by atoms with Gasteiger partial charge in [0, 0.05) is 36.6 Å². The number of rotatable bonds is 4. The van der Waals surface area contributed by atoms with E-state index in [1.54, 1.807) is 18.4 Å². The summed E-state index contributed by atoms with van der Waals surface area (Å²) in [5, 5.41) is 9.97. The Morgan fingerprint density at radius 2 is 2.17 bits per heavy atom. The highest BCUT2D eigenvalue weighted by Crippen LogP contribution is 2.10. The summed E-state index contributed by atoms with van der Waals surface area (Å²) in [5.74, 6) is 0.859. The Kier molecular flexibility index (Phi) is 5.59. The molecular formula is C13H24N4S. The largest absolute Gasteiger partial charge is 0.356 e. The number of aliphatic imine (C=N–C) groups is 1. The number of hydrogen-bond donors (Lipinski definition) is 2. The van der Waals surface area contributed by atoms with Crippen LogP contribution in [0.2, 0.25) is 0 Å². The van der Waals surface area contributed by atoms with Gasteiger partial charge in [-0.25, -0.2) is 4.98 Å². The molecule has 4 nitrogen and oxygen atoms in total. The third-order valence-corrected chi connectivity index (χ3v) is 3.27. The SMILES string of the molecule is CN=C(NCCCc1nc(C)cs1)NC(C)(C)C. The summed E-state index contributed by atoms with van der Waals surface area (Å²) >= 11 is 1.74. The van der Waals surface area contributed by atoms with Crippen molar-refractivity contribution in [2.24, 2.45) is 4.99 Å². The van der Waals surface area contributed by atoms with Gasteiger partial charge >= 0.3 is 0 Å². The van der Waals surface area contributed by atoms with E-state index in [1.165, 1.54) is 5.01 Å². The maximum absolute atomic E-state index is 4.45. The molecule has 2 N–H and O–H groups in total. The van der Waals surface area contributed by atoms with Crippen LogP contribution < -0.4 is 10.6 Å². The summed E-state index contributed by atoms with van der Waals surface area (Å²) in [6.45, 7) is 9.32. The van der Waals surface area contributed by atoms with Crippen LogP contribution in [0, 0.1) is 6.92 Å². The Labute approximate surface area is 114 Å². The van der Waals surface area contributed by atoms with E-state index in [9.17, 15) is 0 Å². The maximum atomic E-state index is 4.45. The molecule has 0 saturated carbocycles.